The number of rotatable bonds is 4. The van der Waals surface area contributed by atoms with Crippen LogP contribution in [0.25, 0.3) is 0 Å². The van der Waals surface area contributed by atoms with E-state index in [1.165, 1.54) is 26.5 Å². The fraction of sp³-hybridized carbons (Fsp3) is 0.250. The molecule has 0 fully saturated rings. The van der Waals surface area contributed by atoms with Crippen LogP contribution in [0.3, 0.4) is 0 Å². The Labute approximate surface area is 113 Å². The van der Waals surface area contributed by atoms with E-state index in [1.807, 2.05) is 11.8 Å². The second kappa shape index (κ2) is 6.07. The molecule has 1 nitrogen and oxygen atoms in total. The number of hydrogen-bond donors (Lipinski definition) is 1. The van der Waals surface area contributed by atoms with Crippen molar-refractivity contribution in [1.82, 2.24) is 0 Å². The van der Waals surface area contributed by atoms with E-state index in [0.29, 0.717) is 6.54 Å². The average molecular weight is 257 g/mol. The molecule has 0 aromatic heterocycles. The summed E-state index contributed by atoms with van der Waals surface area (Å²) < 4.78 is 0. The zero-order valence-corrected chi connectivity index (χ0v) is 11.8. The van der Waals surface area contributed by atoms with Gasteiger partial charge in [0.15, 0.2) is 0 Å². The molecule has 2 rings (SSSR count). The molecule has 0 heterocycles. The third kappa shape index (κ3) is 3.37. The van der Waals surface area contributed by atoms with E-state index < -0.39 is 0 Å². The molecule has 0 bridgehead atoms. The van der Waals surface area contributed by atoms with Crippen LogP contribution in [0, 0.1) is 13.8 Å². The van der Waals surface area contributed by atoms with E-state index in [1.54, 1.807) is 0 Å². The molecule has 2 aromatic carbocycles. The third-order valence-electron chi connectivity index (χ3n) is 2.88. The molecule has 18 heavy (non-hydrogen) atoms. The lowest BCUT2D eigenvalue weighted by molar-refractivity contribution is 0.941. The van der Waals surface area contributed by atoms with Gasteiger partial charge in [-0.1, -0.05) is 47.2 Å². The first-order valence-electron chi connectivity index (χ1n) is 6.23. The third-order valence-corrected chi connectivity index (χ3v) is 4.00. The average Bonchev–Trinajstić information content (AvgIpc) is 2.36. The molecular weight excluding hydrogens is 238 g/mol. The summed E-state index contributed by atoms with van der Waals surface area (Å²) in [5, 5.41) is 0. The Morgan fingerprint density at radius 3 is 2.28 bits per heavy atom. The van der Waals surface area contributed by atoms with Gasteiger partial charge in [0.25, 0.3) is 0 Å². The van der Waals surface area contributed by atoms with Crippen LogP contribution in [0.5, 0.6) is 0 Å². The first-order valence-corrected chi connectivity index (χ1v) is 7.05. The van der Waals surface area contributed by atoms with Crippen LogP contribution in [0.2, 0.25) is 0 Å². The molecule has 0 saturated heterocycles. The van der Waals surface area contributed by atoms with Crippen LogP contribution in [-0.2, 0) is 6.42 Å². The molecule has 0 aliphatic rings. The normalized spacial score (nSPS) is 10.6. The second-order valence-electron chi connectivity index (χ2n) is 4.56. The van der Waals surface area contributed by atoms with E-state index in [9.17, 15) is 0 Å². The van der Waals surface area contributed by atoms with E-state index in [-0.39, 0.29) is 0 Å². The van der Waals surface area contributed by atoms with Crippen molar-refractivity contribution in [3.63, 3.8) is 0 Å². The highest BCUT2D eigenvalue weighted by Crippen LogP contribution is 2.31. The second-order valence-corrected chi connectivity index (χ2v) is 5.68. The van der Waals surface area contributed by atoms with Gasteiger partial charge >= 0.3 is 0 Å². The van der Waals surface area contributed by atoms with E-state index in [2.05, 4.69) is 56.3 Å². The number of benzene rings is 2. The SMILES string of the molecule is Cc1ccc(Sc2ccc(C)cc2CCN)cc1. The molecule has 0 saturated carbocycles. The van der Waals surface area contributed by atoms with Crippen molar-refractivity contribution >= 4 is 11.8 Å². The van der Waals surface area contributed by atoms with Crippen molar-refractivity contribution < 1.29 is 0 Å². The summed E-state index contributed by atoms with van der Waals surface area (Å²) in [5.41, 5.74) is 9.63. The Hall–Kier alpha value is -1.25. The maximum Gasteiger partial charge on any atom is 0.0155 e. The van der Waals surface area contributed by atoms with E-state index in [0.717, 1.165) is 6.42 Å². The minimum absolute atomic E-state index is 0.699. The fourth-order valence-corrected chi connectivity index (χ4v) is 2.85. The summed E-state index contributed by atoms with van der Waals surface area (Å²) in [6, 6.07) is 15.3. The molecule has 2 aromatic rings. The molecule has 0 aliphatic carbocycles. The van der Waals surface area contributed by atoms with Gasteiger partial charge in [-0.3, -0.25) is 0 Å². The molecule has 0 spiro atoms. The monoisotopic (exact) mass is 257 g/mol. The quantitative estimate of drug-likeness (QED) is 0.897. The summed E-state index contributed by atoms with van der Waals surface area (Å²) in [5.74, 6) is 0. The Balaban J connectivity index is 2.25. The molecule has 94 valence electrons. The number of hydrogen-bond acceptors (Lipinski definition) is 2. The molecule has 0 atom stereocenters. The number of nitrogens with two attached hydrogens (primary N) is 1. The van der Waals surface area contributed by atoms with Crippen LogP contribution in [-0.4, -0.2) is 6.54 Å². The Morgan fingerprint density at radius 1 is 0.944 bits per heavy atom. The molecule has 2 N–H and O–H groups in total. The van der Waals surface area contributed by atoms with Crippen LogP contribution < -0.4 is 5.73 Å². The van der Waals surface area contributed by atoms with Gasteiger partial charge in [-0.05, 0) is 50.6 Å². The smallest absolute Gasteiger partial charge is 0.0155 e. The predicted molar refractivity (Wildman–Crippen MR) is 79.2 cm³/mol. The van der Waals surface area contributed by atoms with Crippen LogP contribution in [0.1, 0.15) is 16.7 Å². The first-order chi connectivity index (χ1) is 8.69. The lowest BCUT2D eigenvalue weighted by Crippen LogP contribution is -2.03. The van der Waals surface area contributed by atoms with Gasteiger partial charge in [0.05, 0.1) is 0 Å². The Kier molecular flexibility index (Phi) is 4.45. The fourth-order valence-electron chi connectivity index (χ4n) is 1.89. The maximum absolute atomic E-state index is 5.68. The van der Waals surface area contributed by atoms with Crippen LogP contribution in [0.15, 0.2) is 52.3 Å². The topological polar surface area (TPSA) is 26.0 Å². The zero-order chi connectivity index (χ0) is 13.0. The highest BCUT2D eigenvalue weighted by Gasteiger charge is 2.04. The first kappa shape index (κ1) is 13.2. The van der Waals surface area contributed by atoms with Crippen molar-refractivity contribution in [2.24, 2.45) is 5.73 Å². The van der Waals surface area contributed by atoms with Crippen molar-refractivity contribution in [3.05, 3.63) is 59.2 Å². The van der Waals surface area contributed by atoms with Gasteiger partial charge in [-0.15, -0.1) is 0 Å². The van der Waals surface area contributed by atoms with E-state index in [4.69, 9.17) is 5.73 Å². The Bertz CT molecular complexity index is 517. The van der Waals surface area contributed by atoms with Gasteiger partial charge < -0.3 is 5.73 Å². The molecule has 2 heteroatoms. The predicted octanol–water partition coefficient (Wildman–Crippen LogP) is 3.96. The summed E-state index contributed by atoms with van der Waals surface area (Å²) in [7, 11) is 0. The van der Waals surface area contributed by atoms with Gasteiger partial charge in [0, 0.05) is 9.79 Å². The summed E-state index contributed by atoms with van der Waals surface area (Å²) in [4.78, 5) is 2.60. The van der Waals surface area contributed by atoms with Crippen molar-refractivity contribution in [2.45, 2.75) is 30.1 Å². The van der Waals surface area contributed by atoms with Gasteiger partial charge in [-0.25, -0.2) is 0 Å². The zero-order valence-electron chi connectivity index (χ0n) is 10.9. The van der Waals surface area contributed by atoms with Gasteiger partial charge in [0.2, 0.25) is 0 Å². The molecule has 0 radical (unpaired) electrons. The van der Waals surface area contributed by atoms with Crippen molar-refractivity contribution in [2.75, 3.05) is 6.54 Å². The standard InChI is InChI=1S/C16H19NS/c1-12-3-6-15(7-4-12)18-16-8-5-13(2)11-14(16)9-10-17/h3-8,11H,9-10,17H2,1-2H3. The molecule has 0 aliphatic heterocycles. The highest BCUT2D eigenvalue weighted by molar-refractivity contribution is 7.99. The lowest BCUT2D eigenvalue weighted by atomic mass is 10.1. The largest absolute Gasteiger partial charge is 0.330 e. The summed E-state index contributed by atoms with van der Waals surface area (Å²) in [6.45, 7) is 4.94. The minimum Gasteiger partial charge on any atom is -0.330 e. The lowest BCUT2D eigenvalue weighted by Gasteiger charge is -2.09. The van der Waals surface area contributed by atoms with Gasteiger partial charge in [0.1, 0.15) is 0 Å². The highest BCUT2D eigenvalue weighted by atomic mass is 32.2. The maximum atomic E-state index is 5.68. The van der Waals surface area contributed by atoms with Crippen LogP contribution in [0.4, 0.5) is 0 Å². The molecular formula is C16H19NS. The summed E-state index contributed by atoms with van der Waals surface area (Å²) in [6.07, 6.45) is 0.940. The Morgan fingerprint density at radius 2 is 1.61 bits per heavy atom. The minimum atomic E-state index is 0.699. The molecule has 0 amide bonds. The van der Waals surface area contributed by atoms with Crippen molar-refractivity contribution in [3.8, 4) is 0 Å². The molecule has 0 unspecified atom stereocenters. The van der Waals surface area contributed by atoms with Crippen molar-refractivity contribution in [1.29, 1.82) is 0 Å². The van der Waals surface area contributed by atoms with Gasteiger partial charge in [-0.2, -0.15) is 0 Å². The van der Waals surface area contributed by atoms with E-state index >= 15 is 0 Å². The number of aryl methyl sites for hydroxylation is 2. The van der Waals surface area contributed by atoms with Crippen LogP contribution >= 0.6 is 11.8 Å². The summed E-state index contributed by atoms with van der Waals surface area (Å²) >= 11 is 1.82.